The molecule has 94 valence electrons. The molecule has 0 fully saturated rings. The molecule has 1 atom stereocenters. The van der Waals surface area contributed by atoms with E-state index in [1.807, 2.05) is 24.3 Å². The van der Waals surface area contributed by atoms with Crippen LogP contribution in [0.25, 0.3) is 11.0 Å². The molecule has 2 heterocycles. The molecule has 0 aliphatic carbocycles. The highest BCUT2D eigenvalue weighted by Gasteiger charge is 2.27. The molecular weight excluding hydrogens is 259 g/mol. The minimum absolute atomic E-state index is 0.123. The highest BCUT2D eigenvalue weighted by Crippen LogP contribution is 2.42. The Hall–Kier alpha value is -1.81. The molecule has 19 heavy (non-hydrogen) atoms. The molecule has 4 rings (SSSR count). The van der Waals surface area contributed by atoms with Gasteiger partial charge in [-0.1, -0.05) is 24.3 Å². The van der Waals surface area contributed by atoms with Crippen LogP contribution in [0.15, 0.2) is 48.5 Å². The van der Waals surface area contributed by atoms with Crippen LogP contribution >= 0.6 is 11.8 Å². The largest absolute Gasteiger partial charge is 0.310 e. The number of rotatable bonds is 1. The summed E-state index contributed by atoms with van der Waals surface area (Å²) in [5.74, 6) is 1.76. The Morgan fingerprint density at radius 2 is 2.05 bits per heavy atom. The number of fused-ring (bicyclic) bond motifs is 3. The Labute approximate surface area is 114 Å². The molecular formula is C15H11FN2S. The van der Waals surface area contributed by atoms with Crippen molar-refractivity contribution in [2.45, 2.75) is 11.1 Å². The Morgan fingerprint density at radius 1 is 1.16 bits per heavy atom. The number of nitrogens with zero attached hydrogens (tertiary/aromatic N) is 2. The quantitative estimate of drug-likeness (QED) is 0.666. The minimum atomic E-state index is -0.184. The van der Waals surface area contributed by atoms with E-state index in [9.17, 15) is 4.39 Å². The van der Waals surface area contributed by atoms with E-state index < -0.39 is 0 Å². The minimum Gasteiger partial charge on any atom is -0.310 e. The van der Waals surface area contributed by atoms with Crippen molar-refractivity contribution in [3.8, 4) is 0 Å². The summed E-state index contributed by atoms with van der Waals surface area (Å²) in [5, 5.41) is 0.123. The fourth-order valence-corrected chi connectivity index (χ4v) is 3.83. The first-order chi connectivity index (χ1) is 9.33. The van der Waals surface area contributed by atoms with Crippen LogP contribution in [0.4, 0.5) is 4.39 Å². The first kappa shape index (κ1) is 11.1. The normalized spacial score (nSPS) is 17.8. The smallest absolute Gasteiger partial charge is 0.123 e. The highest BCUT2D eigenvalue weighted by molar-refractivity contribution is 7.99. The molecule has 1 aromatic heterocycles. The van der Waals surface area contributed by atoms with Crippen molar-refractivity contribution in [1.29, 1.82) is 0 Å². The molecule has 3 aromatic rings. The summed E-state index contributed by atoms with van der Waals surface area (Å²) in [6, 6.07) is 14.9. The summed E-state index contributed by atoms with van der Waals surface area (Å²) >= 11 is 1.79. The predicted molar refractivity (Wildman–Crippen MR) is 75.6 cm³/mol. The van der Waals surface area contributed by atoms with E-state index in [0.29, 0.717) is 0 Å². The number of halogens is 1. The second kappa shape index (κ2) is 4.10. The van der Waals surface area contributed by atoms with Gasteiger partial charge in [0.15, 0.2) is 0 Å². The Kier molecular flexibility index (Phi) is 2.38. The third-order valence-corrected chi connectivity index (χ3v) is 4.63. The van der Waals surface area contributed by atoms with Crippen LogP contribution < -0.4 is 0 Å². The summed E-state index contributed by atoms with van der Waals surface area (Å²) in [5.41, 5.74) is 3.13. The van der Waals surface area contributed by atoms with Crippen LogP contribution in [-0.4, -0.2) is 9.55 Å². The topological polar surface area (TPSA) is 17.8 Å². The standard InChI is InChI=1S/C15H11FN2S/c16-11-5-3-4-10(8-11)15-18-13-7-2-1-6-12(13)17-14(18)9-19-15/h1-8,15H,9H2/t15-/m1/s1. The van der Waals surface area contributed by atoms with Gasteiger partial charge >= 0.3 is 0 Å². The zero-order valence-corrected chi connectivity index (χ0v) is 10.9. The van der Waals surface area contributed by atoms with Crippen molar-refractivity contribution in [1.82, 2.24) is 9.55 Å². The van der Waals surface area contributed by atoms with E-state index in [-0.39, 0.29) is 11.2 Å². The molecule has 0 amide bonds. The van der Waals surface area contributed by atoms with Crippen LogP contribution in [0, 0.1) is 5.82 Å². The number of thioether (sulfide) groups is 1. The van der Waals surface area contributed by atoms with Crippen molar-refractivity contribution in [3.63, 3.8) is 0 Å². The molecule has 1 aliphatic rings. The SMILES string of the molecule is Fc1cccc([C@H]2SCc3nc4ccccc4n32)c1. The predicted octanol–water partition coefficient (Wildman–Crippen LogP) is 3.97. The van der Waals surface area contributed by atoms with Gasteiger partial charge in [-0.15, -0.1) is 11.8 Å². The van der Waals surface area contributed by atoms with Crippen LogP contribution in [0.1, 0.15) is 16.8 Å². The molecule has 2 nitrogen and oxygen atoms in total. The third kappa shape index (κ3) is 1.67. The summed E-state index contributed by atoms with van der Waals surface area (Å²) in [7, 11) is 0. The van der Waals surface area contributed by atoms with Gasteiger partial charge in [0.2, 0.25) is 0 Å². The summed E-state index contributed by atoms with van der Waals surface area (Å²) < 4.78 is 15.6. The van der Waals surface area contributed by atoms with Gasteiger partial charge in [0.1, 0.15) is 17.0 Å². The van der Waals surface area contributed by atoms with Gasteiger partial charge in [-0.2, -0.15) is 0 Å². The monoisotopic (exact) mass is 270 g/mol. The number of aromatic nitrogens is 2. The van der Waals surface area contributed by atoms with E-state index in [4.69, 9.17) is 0 Å². The van der Waals surface area contributed by atoms with E-state index in [1.54, 1.807) is 23.9 Å². The van der Waals surface area contributed by atoms with Crippen molar-refractivity contribution in [2.24, 2.45) is 0 Å². The zero-order chi connectivity index (χ0) is 12.8. The summed E-state index contributed by atoms with van der Waals surface area (Å²) in [6.07, 6.45) is 0. The Morgan fingerprint density at radius 3 is 2.95 bits per heavy atom. The van der Waals surface area contributed by atoms with Crippen molar-refractivity contribution < 1.29 is 4.39 Å². The number of para-hydroxylation sites is 2. The van der Waals surface area contributed by atoms with E-state index in [0.717, 1.165) is 28.2 Å². The number of imidazole rings is 1. The zero-order valence-electron chi connectivity index (χ0n) is 10.1. The van der Waals surface area contributed by atoms with Gasteiger partial charge in [0.05, 0.1) is 16.8 Å². The molecule has 0 spiro atoms. The lowest BCUT2D eigenvalue weighted by Crippen LogP contribution is -2.03. The van der Waals surface area contributed by atoms with Gasteiger partial charge < -0.3 is 4.57 Å². The second-order valence-corrected chi connectivity index (χ2v) is 5.67. The lowest BCUT2D eigenvalue weighted by Gasteiger charge is -2.14. The van der Waals surface area contributed by atoms with E-state index >= 15 is 0 Å². The average molecular weight is 270 g/mol. The van der Waals surface area contributed by atoms with Crippen LogP contribution in [0.3, 0.4) is 0 Å². The molecule has 0 saturated heterocycles. The summed E-state index contributed by atoms with van der Waals surface area (Å²) in [6.45, 7) is 0. The average Bonchev–Trinajstić information content (AvgIpc) is 2.97. The molecule has 0 saturated carbocycles. The van der Waals surface area contributed by atoms with E-state index in [1.165, 1.54) is 6.07 Å². The summed E-state index contributed by atoms with van der Waals surface area (Å²) in [4.78, 5) is 4.64. The number of hydrogen-bond donors (Lipinski definition) is 0. The fraction of sp³-hybridized carbons (Fsp3) is 0.133. The Balaban J connectivity index is 1.91. The Bertz CT molecular complexity index is 766. The molecule has 1 aliphatic heterocycles. The van der Waals surface area contributed by atoms with Gasteiger partial charge in [-0.25, -0.2) is 9.37 Å². The van der Waals surface area contributed by atoms with E-state index in [2.05, 4.69) is 15.6 Å². The van der Waals surface area contributed by atoms with Crippen LogP contribution in [0.5, 0.6) is 0 Å². The number of benzene rings is 2. The first-order valence-electron chi connectivity index (χ1n) is 6.16. The molecule has 0 N–H and O–H groups in total. The second-order valence-electron chi connectivity index (χ2n) is 4.61. The van der Waals surface area contributed by atoms with Gasteiger partial charge in [0, 0.05) is 0 Å². The van der Waals surface area contributed by atoms with Crippen LogP contribution in [-0.2, 0) is 5.75 Å². The van der Waals surface area contributed by atoms with Crippen molar-refractivity contribution in [2.75, 3.05) is 0 Å². The van der Waals surface area contributed by atoms with Crippen molar-refractivity contribution >= 4 is 22.8 Å². The van der Waals surface area contributed by atoms with Gasteiger partial charge in [-0.3, -0.25) is 0 Å². The van der Waals surface area contributed by atoms with Crippen molar-refractivity contribution in [3.05, 3.63) is 65.7 Å². The molecule has 4 heteroatoms. The molecule has 0 bridgehead atoms. The lowest BCUT2D eigenvalue weighted by molar-refractivity contribution is 0.623. The number of hydrogen-bond acceptors (Lipinski definition) is 2. The maximum absolute atomic E-state index is 13.4. The third-order valence-electron chi connectivity index (χ3n) is 3.41. The molecule has 2 aromatic carbocycles. The highest BCUT2D eigenvalue weighted by atomic mass is 32.2. The van der Waals surface area contributed by atoms with Crippen LogP contribution in [0.2, 0.25) is 0 Å². The first-order valence-corrected chi connectivity index (χ1v) is 7.21. The lowest BCUT2D eigenvalue weighted by atomic mass is 10.2. The maximum Gasteiger partial charge on any atom is 0.123 e. The molecule has 0 radical (unpaired) electrons. The molecule has 0 unspecified atom stereocenters. The van der Waals surface area contributed by atoms with Gasteiger partial charge in [-0.05, 0) is 29.8 Å². The maximum atomic E-state index is 13.4. The van der Waals surface area contributed by atoms with Gasteiger partial charge in [0.25, 0.3) is 0 Å². The fourth-order valence-electron chi connectivity index (χ4n) is 2.59.